The van der Waals surface area contributed by atoms with Gasteiger partial charge in [0.25, 0.3) is 0 Å². The van der Waals surface area contributed by atoms with E-state index in [1.54, 1.807) is 42.5 Å². The third-order valence-corrected chi connectivity index (χ3v) is 6.80. The van der Waals surface area contributed by atoms with Gasteiger partial charge in [-0.05, 0) is 43.0 Å². The molecule has 2 bridgehead atoms. The molecule has 0 aliphatic carbocycles. The molecule has 2 aliphatic heterocycles. The highest BCUT2D eigenvalue weighted by molar-refractivity contribution is 5.89. The summed E-state index contributed by atoms with van der Waals surface area (Å²) in [6, 6.07) is 11.6. The summed E-state index contributed by atoms with van der Waals surface area (Å²) in [5.74, 6) is 0.415. The van der Waals surface area contributed by atoms with Gasteiger partial charge in [0.2, 0.25) is 5.75 Å². The lowest BCUT2D eigenvalue weighted by atomic mass is 10.00. The van der Waals surface area contributed by atoms with Crippen LogP contribution >= 0.6 is 0 Å². The smallest absolute Gasteiger partial charge is 0.338 e. The highest BCUT2D eigenvalue weighted by Gasteiger charge is 2.53. The molecule has 0 radical (unpaired) electrons. The fourth-order valence-electron chi connectivity index (χ4n) is 4.98. The number of carbonyl (C=O) groups is 2. The van der Waals surface area contributed by atoms with Crippen LogP contribution in [0.15, 0.2) is 48.5 Å². The molecular weight excluding hydrogens is 466 g/mol. The van der Waals surface area contributed by atoms with Crippen molar-refractivity contribution in [3.05, 3.63) is 59.7 Å². The topological polar surface area (TPSA) is 104 Å². The number of hydrogen-bond donors (Lipinski definition) is 1. The first-order chi connectivity index (χ1) is 17.4. The van der Waals surface area contributed by atoms with Crippen molar-refractivity contribution in [2.75, 3.05) is 28.4 Å². The first-order valence-corrected chi connectivity index (χ1v) is 11.7. The molecule has 1 N–H and O–H groups in total. The highest BCUT2D eigenvalue weighted by Crippen LogP contribution is 2.39. The molecule has 192 valence electrons. The molecule has 2 aromatic carbocycles. The number of carbonyl (C=O) groups excluding carboxylic acids is 2. The second-order valence-electron chi connectivity index (χ2n) is 8.85. The summed E-state index contributed by atoms with van der Waals surface area (Å²) in [4.78, 5) is 27.2. The minimum Gasteiger partial charge on any atom is -0.493 e. The standard InChI is InChI=1S/C27H31NO8/c1-28-19-14-18(15-20(28)25(24(19)30)36-27(31)17-8-6-5-7-9-17)35-23(29)11-10-16-12-21(32-2)26(34-4)22(13-16)33-3/h5-13,18-20,24-25,30H,14-15H2,1-4H3/t18-,19-,20+,24-,25+/m0/s1. The molecule has 9 heteroatoms. The largest absolute Gasteiger partial charge is 0.493 e. The second kappa shape index (κ2) is 11.0. The van der Waals surface area contributed by atoms with Crippen LogP contribution in [0.3, 0.4) is 0 Å². The molecule has 0 amide bonds. The van der Waals surface area contributed by atoms with Crippen molar-refractivity contribution >= 4 is 18.0 Å². The zero-order valence-electron chi connectivity index (χ0n) is 20.7. The highest BCUT2D eigenvalue weighted by atomic mass is 16.6. The minimum absolute atomic E-state index is 0.261. The van der Waals surface area contributed by atoms with E-state index in [-0.39, 0.29) is 12.1 Å². The molecule has 0 spiro atoms. The van der Waals surface area contributed by atoms with Gasteiger partial charge in [-0.25, -0.2) is 9.59 Å². The van der Waals surface area contributed by atoms with Gasteiger partial charge in [-0.2, -0.15) is 0 Å². The molecule has 2 aromatic rings. The summed E-state index contributed by atoms with van der Waals surface area (Å²) >= 11 is 0. The van der Waals surface area contributed by atoms with E-state index in [9.17, 15) is 14.7 Å². The molecular formula is C27H31NO8. The Morgan fingerprint density at radius 2 is 1.58 bits per heavy atom. The fraction of sp³-hybridized carbons (Fsp3) is 0.407. The first kappa shape index (κ1) is 25.5. The van der Waals surface area contributed by atoms with Gasteiger partial charge in [-0.15, -0.1) is 0 Å². The Morgan fingerprint density at radius 3 is 2.19 bits per heavy atom. The molecule has 4 rings (SSSR count). The summed E-state index contributed by atoms with van der Waals surface area (Å²) < 4.78 is 27.4. The van der Waals surface area contributed by atoms with Gasteiger partial charge in [-0.3, -0.25) is 4.90 Å². The van der Waals surface area contributed by atoms with Crippen molar-refractivity contribution in [3.8, 4) is 17.2 Å². The van der Waals surface area contributed by atoms with E-state index < -0.39 is 30.3 Å². The van der Waals surface area contributed by atoms with Crippen LogP contribution in [-0.4, -0.2) is 80.7 Å². The van der Waals surface area contributed by atoms with Crippen LogP contribution in [0.4, 0.5) is 0 Å². The van der Waals surface area contributed by atoms with E-state index in [0.29, 0.717) is 41.2 Å². The van der Waals surface area contributed by atoms with Crippen LogP contribution in [-0.2, 0) is 14.3 Å². The number of aliphatic hydroxyl groups excluding tert-OH is 1. The number of hydrogen-bond acceptors (Lipinski definition) is 9. The summed E-state index contributed by atoms with van der Waals surface area (Å²) in [6.07, 6.45) is 1.85. The normalized spacial score (nSPS) is 25.4. The molecule has 5 atom stereocenters. The molecule has 0 unspecified atom stereocenters. The van der Waals surface area contributed by atoms with Crippen LogP contribution in [0.5, 0.6) is 17.2 Å². The molecule has 2 fully saturated rings. The number of aliphatic hydroxyl groups is 1. The van der Waals surface area contributed by atoms with Crippen LogP contribution in [0.25, 0.3) is 6.08 Å². The predicted molar refractivity (Wildman–Crippen MR) is 131 cm³/mol. The first-order valence-electron chi connectivity index (χ1n) is 11.7. The Morgan fingerprint density at radius 1 is 0.944 bits per heavy atom. The van der Waals surface area contributed by atoms with Crippen molar-refractivity contribution in [3.63, 3.8) is 0 Å². The number of ether oxygens (including phenoxy) is 5. The van der Waals surface area contributed by atoms with E-state index >= 15 is 0 Å². The lowest BCUT2D eigenvalue weighted by molar-refractivity contribution is -0.146. The molecule has 36 heavy (non-hydrogen) atoms. The monoisotopic (exact) mass is 497 g/mol. The molecule has 0 aromatic heterocycles. The number of methoxy groups -OCH3 is 3. The van der Waals surface area contributed by atoms with Gasteiger partial charge in [0, 0.05) is 25.0 Å². The summed E-state index contributed by atoms with van der Waals surface area (Å²) in [6.45, 7) is 0. The van der Waals surface area contributed by atoms with Crippen molar-refractivity contribution in [2.45, 2.75) is 43.2 Å². The van der Waals surface area contributed by atoms with E-state index in [0.717, 1.165) is 0 Å². The van der Waals surface area contributed by atoms with Crippen LogP contribution in [0.1, 0.15) is 28.8 Å². The Balaban J connectivity index is 1.41. The van der Waals surface area contributed by atoms with Crippen LogP contribution in [0.2, 0.25) is 0 Å². The second-order valence-corrected chi connectivity index (χ2v) is 8.85. The minimum atomic E-state index is -0.869. The predicted octanol–water partition coefficient (Wildman–Crippen LogP) is 2.70. The number of rotatable bonds is 8. The third kappa shape index (κ3) is 5.17. The van der Waals surface area contributed by atoms with E-state index in [1.807, 2.05) is 18.0 Å². The number of likely N-dealkylation sites (N-methyl/N-ethyl adjacent to an activating group) is 1. The SMILES string of the molecule is COc1cc(C=CC(=O)O[C@@H]2C[C@@H]3[C@@H](OC(=O)c4ccccc4)[C@@H](O)[C@H](C2)N3C)cc(OC)c1OC. The van der Waals surface area contributed by atoms with E-state index in [1.165, 1.54) is 27.4 Å². The quantitative estimate of drug-likeness (QED) is 0.435. The third-order valence-electron chi connectivity index (χ3n) is 6.80. The maximum Gasteiger partial charge on any atom is 0.338 e. The van der Waals surface area contributed by atoms with Crippen molar-refractivity contribution in [2.24, 2.45) is 0 Å². The van der Waals surface area contributed by atoms with Crippen molar-refractivity contribution in [1.29, 1.82) is 0 Å². The van der Waals surface area contributed by atoms with Gasteiger partial charge in [-0.1, -0.05) is 18.2 Å². The lowest BCUT2D eigenvalue weighted by Crippen LogP contribution is -2.46. The molecule has 0 saturated carbocycles. The van der Waals surface area contributed by atoms with Gasteiger partial charge >= 0.3 is 11.9 Å². The van der Waals surface area contributed by atoms with Crippen LogP contribution < -0.4 is 14.2 Å². The van der Waals surface area contributed by atoms with Gasteiger partial charge in [0.1, 0.15) is 18.3 Å². The summed E-state index contributed by atoms with van der Waals surface area (Å²) in [7, 11) is 6.45. The Kier molecular flexibility index (Phi) is 7.81. The number of nitrogens with zero attached hydrogens (tertiary/aromatic N) is 1. The van der Waals surface area contributed by atoms with Crippen molar-refractivity contribution < 1.29 is 38.4 Å². The summed E-state index contributed by atoms with van der Waals surface area (Å²) in [5.41, 5.74) is 1.10. The van der Waals surface area contributed by atoms with Gasteiger partial charge in [0.05, 0.1) is 32.9 Å². The number of fused-ring (bicyclic) bond motifs is 2. The average Bonchev–Trinajstić information content (AvgIpc) is 3.01. The molecule has 2 heterocycles. The number of esters is 2. The Bertz CT molecular complexity index is 1090. The lowest BCUT2D eigenvalue weighted by Gasteiger charge is -2.35. The van der Waals surface area contributed by atoms with E-state index in [4.69, 9.17) is 23.7 Å². The van der Waals surface area contributed by atoms with Gasteiger partial charge in [0.15, 0.2) is 11.5 Å². The van der Waals surface area contributed by atoms with Crippen LogP contribution in [0, 0.1) is 0 Å². The zero-order valence-corrected chi connectivity index (χ0v) is 20.7. The zero-order chi connectivity index (χ0) is 25.8. The summed E-state index contributed by atoms with van der Waals surface area (Å²) in [5, 5.41) is 10.9. The van der Waals surface area contributed by atoms with E-state index in [2.05, 4.69) is 0 Å². The number of benzene rings is 2. The molecule has 2 saturated heterocycles. The maximum atomic E-state index is 12.6. The van der Waals surface area contributed by atoms with Gasteiger partial charge < -0.3 is 28.8 Å². The Labute approximate surface area is 210 Å². The van der Waals surface area contributed by atoms with Crippen molar-refractivity contribution in [1.82, 2.24) is 4.90 Å². The fourth-order valence-corrected chi connectivity index (χ4v) is 4.98. The number of piperidine rings is 1. The molecule has 9 nitrogen and oxygen atoms in total. The Hall–Kier alpha value is -3.56. The maximum absolute atomic E-state index is 12.6. The average molecular weight is 498 g/mol. The molecule has 2 aliphatic rings.